The molecule has 2 aromatic rings. The van der Waals surface area contributed by atoms with Gasteiger partial charge in [0.05, 0.1) is 30.0 Å². The van der Waals surface area contributed by atoms with E-state index in [1.807, 2.05) is 6.92 Å². The molecule has 1 atom stereocenters. The standard InChI is InChI=1S/C14H17N3O4S/c1-2-16-9-11(8-15-16)12-10-22(19,20)7-5-17(12)14(18)13-4-3-6-21-13/h3-4,6,8-9,12H,2,5,7,10H2,1H3/t12-/m1/s1. The lowest BCUT2D eigenvalue weighted by molar-refractivity contribution is 0.0665. The van der Waals surface area contributed by atoms with Crippen LogP contribution in [0.5, 0.6) is 0 Å². The number of carbonyl (C=O) groups is 1. The maximum Gasteiger partial charge on any atom is 0.290 e. The van der Waals surface area contributed by atoms with Gasteiger partial charge in [0.2, 0.25) is 0 Å². The number of rotatable bonds is 3. The second-order valence-corrected chi connectivity index (χ2v) is 7.46. The Hall–Kier alpha value is -2.09. The number of carbonyl (C=O) groups excluding carboxylic acids is 1. The molecule has 118 valence electrons. The van der Waals surface area contributed by atoms with Gasteiger partial charge in [0.1, 0.15) is 0 Å². The molecule has 8 heteroatoms. The van der Waals surface area contributed by atoms with Gasteiger partial charge in [0.25, 0.3) is 5.91 Å². The summed E-state index contributed by atoms with van der Waals surface area (Å²) >= 11 is 0. The average molecular weight is 323 g/mol. The Kier molecular flexibility index (Phi) is 3.78. The fourth-order valence-electron chi connectivity index (χ4n) is 2.59. The first-order valence-electron chi connectivity index (χ1n) is 7.07. The summed E-state index contributed by atoms with van der Waals surface area (Å²) in [5, 5.41) is 4.17. The molecule has 1 aliphatic heterocycles. The highest BCUT2D eigenvalue weighted by molar-refractivity contribution is 7.91. The van der Waals surface area contributed by atoms with Crippen LogP contribution in [0.25, 0.3) is 0 Å². The smallest absolute Gasteiger partial charge is 0.290 e. The zero-order chi connectivity index (χ0) is 15.7. The molecule has 0 radical (unpaired) electrons. The van der Waals surface area contributed by atoms with E-state index in [-0.39, 0.29) is 29.7 Å². The van der Waals surface area contributed by atoms with Crippen molar-refractivity contribution in [3.05, 3.63) is 42.1 Å². The summed E-state index contributed by atoms with van der Waals surface area (Å²) in [6.45, 7) is 2.79. The first kappa shape index (κ1) is 14.8. The molecule has 0 bridgehead atoms. The van der Waals surface area contributed by atoms with Crippen LogP contribution in [0.15, 0.2) is 35.2 Å². The third-order valence-corrected chi connectivity index (χ3v) is 5.41. The largest absolute Gasteiger partial charge is 0.459 e. The molecule has 0 aliphatic carbocycles. The summed E-state index contributed by atoms with van der Waals surface area (Å²) in [6.07, 6.45) is 4.84. The van der Waals surface area contributed by atoms with Gasteiger partial charge in [-0.3, -0.25) is 9.48 Å². The molecule has 0 saturated carbocycles. The summed E-state index contributed by atoms with van der Waals surface area (Å²) in [6, 6.07) is 2.69. The average Bonchev–Trinajstić information content (AvgIpc) is 3.17. The Labute approximate surface area is 128 Å². The highest BCUT2D eigenvalue weighted by Crippen LogP contribution is 2.28. The van der Waals surface area contributed by atoms with Crippen molar-refractivity contribution in [3.8, 4) is 0 Å². The Morgan fingerprint density at radius 2 is 2.32 bits per heavy atom. The van der Waals surface area contributed by atoms with E-state index in [4.69, 9.17) is 4.42 Å². The van der Waals surface area contributed by atoms with Gasteiger partial charge < -0.3 is 9.32 Å². The van der Waals surface area contributed by atoms with Crippen molar-refractivity contribution in [1.82, 2.24) is 14.7 Å². The number of amides is 1. The lowest BCUT2D eigenvalue weighted by Crippen LogP contribution is -2.46. The number of hydrogen-bond acceptors (Lipinski definition) is 5. The minimum atomic E-state index is -3.17. The van der Waals surface area contributed by atoms with Gasteiger partial charge in [-0.1, -0.05) is 0 Å². The molecule has 1 saturated heterocycles. The van der Waals surface area contributed by atoms with E-state index in [0.717, 1.165) is 5.56 Å². The molecule has 22 heavy (non-hydrogen) atoms. The maximum absolute atomic E-state index is 12.5. The SMILES string of the molecule is CCn1cc([C@H]2CS(=O)(=O)CCN2C(=O)c2ccco2)cn1. The summed E-state index contributed by atoms with van der Waals surface area (Å²) in [7, 11) is -3.17. The highest BCUT2D eigenvalue weighted by Gasteiger charge is 2.36. The van der Waals surface area contributed by atoms with Gasteiger partial charge in [-0.2, -0.15) is 5.10 Å². The molecular formula is C14H17N3O4S. The summed E-state index contributed by atoms with van der Waals surface area (Å²) in [5.74, 6) is -0.200. The number of aromatic nitrogens is 2. The highest BCUT2D eigenvalue weighted by atomic mass is 32.2. The van der Waals surface area contributed by atoms with Gasteiger partial charge >= 0.3 is 0 Å². The third-order valence-electron chi connectivity index (χ3n) is 3.79. The predicted molar refractivity (Wildman–Crippen MR) is 79.0 cm³/mol. The summed E-state index contributed by atoms with van der Waals surface area (Å²) < 4.78 is 30.8. The minimum absolute atomic E-state index is 0.0299. The van der Waals surface area contributed by atoms with E-state index in [1.54, 1.807) is 34.1 Å². The minimum Gasteiger partial charge on any atom is -0.459 e. The quantitative estimate of drug-likeness (QED) is 0.844. The second kappa shape index (κ2) is 5.60. The Balaban J connectivity index is 1.94. The monoisotopic (exact) mass is 323 g/mol. The molecule has 0 spiro atoms. The van der Waals surface area contributed by atoms with Crippen molar-refractivity contribution in [2.24, 2.45) is 0 Å². The predicted octanol–water partition coefficient (Wildman–Crippen LogP) is 1.11. The van der Waals surface area contributed by atoms with Gasteiger partial charge in [0, 0.05) is 24.8 Å². The lowest BCUT2D eigenvalue weighted by Gasteiger charge is -2.34. The molecule has 1 fully saturated rings. The zero-order valence-corrected chi connectivity index (χ0v) is 13.0. The number of nitrogens with zero attached hydrogens (tertiary/aromatic N) is 3. The Bertz CT molecular complexity index is 764. The zero-order valence-electron chi connectivity index (χ0n) is 12.2. The van der Waals surface area contributed by atoms with Crippen LogP contribution >= 0.6 is 0 Å². The topological polar surface area (TPSA) is 85.4 Å². The van der Waals surface area contributed by atoms with Crippen molar-refractivity contribution in [2.45, 2.75) is 19.5 Å². The molecule has 7 nitrogen and oxygen atoms in total. The first-order valence-corrected chi connectivity index (χ1v) is 8.89. The van der Waals surface area contributed by atoms with Crippen LogP contribution in [0.1, 0.15) is 29.1 Å². The first-order chi connectivity index (χ1) is 10.5. The fourth-order valence-corrected chi connectivity index (χ4v) is 4.09. The number of furan rings is 1. The van der Waals surface area contributed by atoms with Gasteiger partial charge in [-0.25, -0.2) is 8.42 Å². The Morgan fingerprint density at radius 3 is 2.95 bits per heavy atom. The van der Waals surface area contributed by atoms with Crippen LogP contribution in [-0.4, -0.2) is 47.1 Å². The van der Waals surface area contributed by atoms with Crippen molar-refractivity contribution in [1.29, 1.82) is 0 Å². The fraction of sp³-hybridized carbons (Fsp3) is 0.429. The van der Waals surface area contributed by atoms with Crippen molar-refractivity contribution in [2.75, 3.05) is 18.1 Å². The number of sulfone groups is 1. The van der Waals surface area contributed by atoms with E-state index >= 15 is 0 Å². The van der Waals surface area contributed by atoms with Crippen molar-refractivity contribution >= 4 is 15.7 Å². The lowest BCUT2D eigenvalue weighted by atomic mass is 10.1. The van der Waals surface area contributed by atoms with E-state index in [2.05, 4.69) is 5.10 Å². The molecule has 1 amide bonds. The number of hydrogen-bond donors (Lipinski definition) is 0. The van der Waals surface area contributed by atoms with Crippen LogP contribution < -0.4 is 0 Å². The number of aryl methyl sites for hydroxylation is 1. The van der Waals surface area contributed by atoms with Crippen LogP contribution in [0.3, 0.4) is 0 Å². The normalized spacial score (nSPS) is 21.0. The van der Waals surface area contributed by atoms with Gasteiger partial charge in [-0.15, -0.1) is 0 Å². The second-order valence-electron chi connectivity index (χ2n) is 5.24. The van der Waals surface area contributed by atoms with Gasteiger partial charge in [-0.05, 0) is 19.1 Å². The summed E-state index contributed by atoms with van der Waals surface area (Å²) in [4.78, 5) is 14.1. The Morgan fingerprint density at radius 1 is 1.50 bits per heavy atom. The van der Waals surface area contributed by atoms with E-state index in [0.29, 0.717) is 6.54 Å². The molecule has 0 unspecified atom stereocenters. The molecule has 1 aliphatic rings. The van der Waals surface area contributed by atoms with Gasteiger partial charge in [0.15, 0.2) is 15.6 Å². The third kappa shape index (κ3) is 2.78. The molecule has 3 heterocycles. The van der Waals surface area contributed by atoms with E-state index in [9.17, 15) is 13.2 Å². The molecule has 0 N–H and O–H groups in total. The maximum atomic E-state index is 12.5. The molecule has 0 aromatic carbocycles. The van der Waals surface area contributed by atoms with Crippen LogP contribution in [0.2, 0.25) is 0 Å². The van der Waals surface area contributed by atoms with Crippen molar-refractivity contribution in [3.63, 3.8) is 0 Å². The van der Waals surface area contributed by atoms with Crippen LogP contribution in [-0.2, 0) is 16.4 Å². The van der Waals surface area contributed by atoms with Crippen LogP contribution in [0, 0.1) is 0 Å². The van der Waals surface area contributed by atoms with Crippen molar-refractivity contribution < 1.29 is 17.6 Å². The molecular weight excluding hydrogens is 306 g/mol. The van der Waals surface area contributed by atoms with E-state index < -0.39 is 15.9 Å². The molecule has 3 rings (SSSR count). The molecule has 2 aromatic heterocycles. The van der Waals surface area contributed by atoms with Crippen LogP contribution in [0.4, 0.5) is 0 Å². The summed E-state index contributed by atoms with van der Waals surface area (Å²) in [5.41, 5.74) is 0.727. The van der Waals surface area contributed by atoms with E-state index in [1.165, 1.54) is 6.26 Å².